The van der Waals surface area contributed by atoms with Gasteiger partial charge in [-0.15, -0.1) is 11.3 Å². The van der Waals surface area contributed by atoms with E-state index in [4.69, 9.17) is 5.26 Å². The fourth-order valence-electron chi connectivity index (χ4n) is 1.47. The number of hydrogen-bond donors (Lipinski definition) is 1. The second-order valence-electron chi connectivity index (χ2n) is 3.42. The van der Waals surface area contributed by atoms with E-state index in [1.807, 2.05) is 6.07 Å². The van der Waals surface area contributed by atoms with E-state index in [0.29, 0.717) is 11.4 Å². The standard InChI is InChI=1S/C9H9N3O3S2/c10-5-7-1-2-9(16-7)17(14,15)12-4-3-11-8(13)6-12/h1-2H,3-4,6H2,(H,11,13). The summed E-state index contributed by atoms with van der Waals surface area (Å²) in [5.41, 5.74) is 0. The first-order valence-electron chi connectivity index (χ1n) is 4.81. The number of nitriles is 1. The van der Waals surface area contributed by atoms with Crippen molar-refractivity contribution >= 4 is 27.3 Å². The fourth-order valence-corrected chi connectivity index (χ4v) is 4.12. The predicted octanol–water partition coefficient (Wildman–Crippen LogP) is -0.260. The molecule has 2 rings (SSSR count). The van der Waals surface area contributed by atoms with Crippen LogP contribution in [0, 0.1) is 11.3 Å². The first-order valence-corrected chi connectivity index (χ1v) is 7.06. The van der Waals surface area contributed by atoms with E-state index >= 15 is 0 Å². The van der Waals surface area contributed by atoms with Crippen LogP contribution in [0.2, 0.25) is 0 Å². The van der Waals surface area contributed by atoms with Gasteiger partial charge in [0.15, 0.2) is 0 Å². The number of thiophene rings is 1. The lowest BCUT2D eigenvalue weighted by molar-refractivity contribution is -0.122. The third-order valence-corrected chi connectivity index (χ3v) is 5.59. The molecule has 8 heteroatoms. The largest absolute Gasteiger partial charge is 0.354 e. The summed E-state index contributed by atoms with van der Waals surface area (Å²) in [6.45, 7) is 0.407. The van der Waals surface area contributed by atoms with Gasteiger partial charge in [-0.2, -0.15) is 9.57 Å². The van der Waals surface area contributed by atoms with E-state index in [-0.39, 0.29) is 23.2 Å². The maximum atomic E-state index is 12.1. The number of rotatable bonds is 2. The van der Waals surface area contributed by atoms with Crippen molar-refractivity contribution < 1.29 is 13.2 Å². The molecular weight excluding hydrogens is 262 g/mol. The van der Waals surface area contributed by atoms with E-state index in [0.717, 1.165) is 15.6 Å². The summed E-state index contributed by atoms with van der Waals surface area (Å²) in [6, 6.07) is 4.74. The number of amides is 1. The fraction of sp³-hybridized carbons (Fsp3) is 0.333. The molecule has 1 aliphatic heterocycles. The smallest absolute Gasteiger partial charge is 0.253 e. The van der Waals surface area contributed by atoms with Crippen LogP contribution in [-0.2, 0) is 14.8 Å². The van der Waals surface area contributed by atoms with E-state index in [2.05, 4.69) is 5.32 Å². The lowest BCUT2D eigenvalue weighted by Gasteiger charge is -2.25. The van der Waals surface area contributed by atoms with Crippen LogP contribution in [0.1, 0.15) is 4.88 Å². The summed E-state index contributed by atoms with van der Waals surface area (Å²) in [6.07, 6.45) is 0. The van der Waals surface area contributed by atoms with Gasteiger partial charge in [0.1, 0.15) is 15.2 Å². The highest BCUT2D eigenvalue weighted by Gasteiger charge is 2.30. The first kappa shape index (κ1) is 12.0. The molecule has 1 saturated heterocycles. The number of carbonyl (C=O) groups is 1. The van der Waals surface area contributed by atoms with Crippen LogP contribution in [0.5, 0.6) is 0 Å². The van der Waals surface area contributed by atoms with Crippen LogP contribution in [0.4, 0.5) is 0 Å². The van der Waals surface area contributed by atoms with Gasteiger partial charge < -0.3 is 5.32 Å². The van der Waals surface area contributed by atoms with E-state index in [9.17, 15) is 13.2 Å². The normalized spacial score (nSPS) is 17.5. The first-order chi connectivity index (χ1) is 8.04. The Hall–Kier alpha value is -1.43. The Balaban J connectivity index is 2.30. The van der Waals surface area contributed by atoms with Gasteiger partial charge in [-0.05, 0) is 12.1 Å². The van der Waals surface area contributed by atoms with Crippen molar-refractivity contribution in [2.45, 2.75) is 4.21 Å². The minimum absolute atomic E-state index is 0.101. The Kier molecular flexibility index (Phi) is 3.15. The molecule has 1 fully saturated rings. The molecular formula is C9H9N3O3S2. The highest BCUT2D eigenvalue weighted by atomic mass is 32.2. The van der Waals surface area contributed by atoms with Crippen molar-refractivity contribution in [1.29, 1.82) is 5.26 Å². The third-order valence-electron chi connectivity index (χ3n) is 2.29. The summed E-state index contributed by atoms with van der Waals surface area (Å²) < 4.78 is 25.4. The van der Waals surface area contributed by atoms with E-state index in [1.165, 1.54) is 12.1 Å². The zero-order chi connectivity index (χ0) is 12.5. The number of piperazine rings is 1. The van der Waals surface area contributed by atoms with Crippen molar-refractivity contribution in [1.82, 2.24) is 9.62 Å². The average molecular weight is 271 g/mol. The summed E-state index contributed by atoms with van der Waals surface area (Å²) in [7, 11) is -3.64. The number of nitrogens with one attached hydrogen (secondary N) is 1. The molecule has 17 heavy (non-hydrogen) atoms. The Labute approximate surface area is 103 Å². The van der Waals surface area contributed by atoms with Gasteiger partial charge in [0.05, 0.1) is 6.54 Å². The van der Waals surface area contributed by atoms with Crippen LogP contribution in [-0.4, -0.2) is 38.3 Å². The van der Waals surface area contributed by atoms with Gasteiger partial charge in [-0.25, -0.2) is 8.42 Å². The maximum absolute atomic E-state index is 12.1. The van der Waals surface area contributed by atoms with Gasteiger partial charge in [-0.3, -0.25) is 4.79 Å². The number of hydrogen-bond acceptors (Lipinski definition) is 5. The number of carbonyl (C=O) groups excluding carboxylic acids is 1. The molecule has 90 valence electrons. The Morgan fingerprint density at radius 2 is 2.24 bits per heavy atom. The number of sulfonamides is 1. The zero-order valence-electron chi connectivity index (χ0n) is 8.71. The van der Waals surface area contributed by atoms with Crippen LogP contribution < -0.4 is 5.32 Å². The van der Waals surface area contributed by atoms with Gasteiger partial charge in [-0.1, -0.05) is 0 Å². The monoisotopic (exact) mass is 271 g/mol. The molecule has 0 aromatic carbocycles. The Morgan fingerprint density at radius 1 is 1.47 bits per heavy atom. The highest BCUT2D eigenvalue weighted by Crippen LogP contribution is 2.24. The molecule has 0 aliphatic carbocycles. The second kappa shape index (κ2) is 4.44. The maximum Gasteiger partial charge on any atom is 0.253 e. The Morgan fingerprint density at radius 3 is 2.82 bits per heavy atom. The minimum atomic E-state index is -3.64. The lowest BCUT2D eigenvalue weighted by Crippen LogP contribution is -2.49. The zero-order valence-corrected chi connectivity index (χ0v) is 10.3. The van der Waals surface area contributed by atoms with Crippen molar-refractivity contribution in [2.24, 2.45) is 0 Å². The Bertz CT molecular complexity index is 585. The third kappa shape index (κ3) is 2.31. The second-order valence-corrected chi connectivity index (χ2v) is 6.67. The molecule has 1 aromatic heterocycles. The topological polar surface area (TPSA) is 90.3 Å². The van der Waals surface area contributed by atoms with Crippen LogP contribution in [0.25, 0.3) is 0 Å². The quantitative estimate of drug-likeness (QED) is 0.802. The highest BCUT2D eigenvalue weighted by molar-refractivity contribution is 7.91. The molecule has 0 unspecified atom stereocenters. The predicted molar refractivity (Wildman–Crippen MR) is 60.8 cm³/mol. The molecule has 0 bridgehead atoms. The molecule has 0 spiro atoms. The van der Waals surface area contributed by atoms with Crippen LogP contribution >= 0.6 is 11.3 Å². The molecule has 0 saturated carbocycles. The van der Waals surface area contributed by atoms with Crippen LogP contribution in [0.3, 0.4) is 0 Å². The van der Waals surface area contributed by atoms with E-state index < -0.39 is 10.0 Å². The van der Waals surface area contributed by atoms with Crippen molar-refractivity contribution in [3.63, 3.8) is 0 Å². The minimum Gasteiger partial charge on any atom is -0.354 e. The van der Waals surface area contributed by atoms with Gasteiger partial charge in [0.25, 0.3) is 10.0 Å². The van der Waals surface area contributed by atoms with Crippen LogP contribution in [0.15, 0.2) is 16.3 Å². The van der Waals surface area contributed by atoms with Crippen molar-refractivity contribution in [2.75, 3.05) is 19.6 Å². The average Bonchev–Trinajstić information content (AvgIpc) is 2.78. The molecule has 1 N–H and O–H groups in total. The SMILES string of the molecule is N#Cc1ccc(S(=O)(=O)N2CCNC(=O)C2)s1. The summed E-state index contributed by atoms with van der Waals surface area (Å²) in [4.78, 5) is 11.5. The summed E-state index contributed by atoms with van der Waals surface area (Å²) in [5.74, 6) is -0.308. The van der Waals surface area contributed by atoms with Gasteiger partial charge >= 0.3 is 0 Å². The summed E-state index contributed by atoms with van der Waals surface area (Å²) in [5, 5.41) is 11.2. The van der Waals surface area contributed by atoms with Gasteiger partial charge in [0.2, 0.25) is 5.91 Å². The summed E-state index contributed by atoms with van der Waals surface area (Å²) >= 11 is 0.912. The van der Waals surface area contributed by atoms with E-state index in [1.54, 1.807) is 0 Å². The van der Waals surface area contributed by atoms with Crippen molar-refractivity contribution in [3.8, 4) is 6.07 Å². The van der Waals surface area contributed by atoms with Crippen molar-refractivity contribution in [3.05, 3.63) is 17.0 Å². The molecule has 1 amide bonds. The lowest BCUT2D eigenvalue weighted by atomic mass is 10.4. The molecule has 6 nitrogen and oxygen atoms in total. The molecule has 1 aromatic rings. The molecule has 0 atom stereocenters. The molecule has 1 aliphatic rings. The number of nitrogens with zero attached hydrogens (tertiary/aromatic N) is 2. The molecule has 0 radical (unpaired) electrons. The molecule has 2 heterocycles. The van der Waals surface area contributed by atoms with Gasteiger partial charge in [0, 0.05) is 13.1 Å².